The molecule has 0 heterocycles. The van der Waals surface area contributed by atoms with Gasteiger partial charge >= 0.3 is 0 Å². The number of nitrogens with zero attached hydrogens (tertiary/aromatic N) is 5. The Bertz CT molecular complexity index is 1660. The van der Waals surface area contributed by atoms with Crippen molar-refractivity contribution in [3.05, 3.63) is 145 Å². The molecule has 5 rings (SSSR count). The Kier molecular flexibility index (Phi) is 8.39. The van der Waals surface area contributed by atoms with Gasteiger partial charge in [-0.3, -0.25) is 14.8 Å². The number of rotatable bonds is 7. The Morgan fingerprint density at radius 2 is 1.12 bits per heavy atom. The number of azo groups is 1. The average Bonchev–Trinajstić information content (AvgIpc) is 3.02. The molecule has 9 nitrogen and oxygen atoms in total. The van der Waals surface area contributed by atoms with Crippen molar-refractivity contribution in [2.75, 3.05) is 10.5 Å². The van der Waals surface area contributed by atoms with Crippen LogP contribution in [0.3, 0.4) is 0 Å². The first-order valence-corrected chi connectivity index (χ1v) is 12.6. The van der Waals surface area contributed by atoms with Crippen molar-refractivity contribution in [1.82, 2.24) is 0 Å². The van der Waals surface area contributed by atoms with Gasteiger partial charge in [0.25, 0.3) is 11.8 Å². The molecule has 0 unspecified atom stereocenters. The second-order valence-electron chi connectivity index (χ2n) is 8.77. The molecule has 41 heavy (non-hydrogen) atoms. The van der Waals surface area contributed by atoms with Crippen molar-refractivity contribution < 1.29 is 14.8 Å². The Labute approximate surface area is 236 Å². The van der Waals surface area contributed by atoms with Crippen molar-refractivity contribution in [1.29, 1.82) is 0 Å². The highest BCUT2D eigenvalue weighted by molar-refractivity contribution is 6.21. The van der Waals surface area contributed by atoms with Gasteiger partial charge < -0.3 is 5.32 Å². The molecule has 4 aromatic rings. The molecule has 0 aliphatic heterocycles. The highest BCUT2D eigenvalue weighted by Gasteiger charge is 2.08. The van der Waals surface area contributed by atoms with Gasteiger partial charge in [0.1, 0.15) is 0 Å². The summed E-state index contributed by atoms with van der Waals surface area (Å²) in [5.41, 5.74) is 4.33. The molecule has 2 N–H and O–H groups in total. The van der Waals surface area contributed by atoms with E-state index in [2.05, 4.69) is 25.6 Å². The number of hydrazone groups is 1. The number of carbonyl (C=O) groups excluding carboxylic acids is 2. The molecule has 0 bridgehead atoms. The molecule has 1 aliphatic rings. The van der Waals surface area contributed by atoms with Gasteiger partial charge in [0, 0.05) is 16.8 Å². The molecule has 0 spiro atoms. The number of carbonyl (C=O) groups is 2. The summed E-state index contributed by atoms with van der Waals surface area (Å²) in [6.07, 6.45) is 6.62. The van der Waals surface area contributed by atoms with Crippen LogP contribution >= 0.6 is 0 Å². The fourth-order valence-corrected chi connectivity index (χ4v) is 3.70. The van der Waals surface area contributed by atoms with E-state index in [0.717, 1.165) is 5.17 Å². The van der Waals surface area contributed by atoms with E-state index in [9.17, 15) is 14.8 Å². The summed E-state index contributed by atoms with van der Waals surface area (Å²) in [5.74, 6) is -0.520. The summed E-state index contributed by atoms with van der Waals surface area (Å²) in [7, 11) is 0. The van der Waals surface area contributed by atoms with E-state index in [-0.39, 0.29) is 11.8 Å². The normalized spacial score (nSPS) is 12.3. The van der Waals surface area contributed by atoms with Crippen LogP contribution in [0.25, 0.3) is 0 Å². The Morgan fingerprint density at radius 1 is 0.610 bits per heavy atom. The lowest BCUT2D eigenvalue weighted by molar-refractivity contribution is 0.1000. The molecule has 0 radical (unpaired) electrons. The summed E-state index contributed by atoms with van der Waals surface area (Å²) in [5, 5.41) is 26.6. The van der Waals surface area contributed by atoms with Gasteiger partial charge in [-0.15, -0.1) is 10.3 Å². The van der Waals surface area contributed by atoms with Gasteiger partial charge in [-0.05, 0) is 97.1 Å². The highest BCUT2D eigenvalue weighted by atomic mass is 16.5. The maximum atomic E-state index is 12.3. The van der Waals surface area contributed by atoms with E-state index >= 15 is 0 Å². The van der Waals surface area contributed by atoms with Gasteiger partial charge in [0.05, 0.1) is 28.5 Å². The van der Waals surface area contributed by atoms with Crippen LogP contribution < -0.4 is 10.5 Å². The van der Waals surface area contributed by atoms with Gasteiger partial charge in [-0.2, -0.15) is 10.2 Å². The summed E-state index contributed by atoms with van der Waals surface area (Å²) in [6.45, 7) is 0. The zero-order chi connectivity index (χ0) is 28.4. The predicted octanol–water partition coefficient (Wildman–Crippen LogP) is 7.31. The molecule has 0 atom stereocenters. The predicted molar refractivity (Wildman–Crippen MR) is 160 cm³/mol. The minimum atomic E-state index is -0.333. The summed E-state index contributed by atoms with van der Waals surface area (Å²) < 4.78 is 0. The standard InChI is InChI=1S/C32H24N6O3/c39-31(23-7-3-1-4-8-23)33-25-11-15-27(16-12-25)35-36-28-19-21-30(22-20-28)38(41)37-29-17-13-26(14-18-29)34-32(40)24-9-5-2-6-10-24/h1-22,41H,(H,33,39). The second-order valence-corrected chi connectivity index (χ2v) is 8.77. The van der Waals surface area contributed by atoms with Crippen molar-refractivity contribution in [3.8, 4) is 0 Å². The maximum Gasteiger partial charge on any atom is 0.277 e. The molecule has 4 aromatic carbocycles. The largest absolute Gasteiger partial charge is 0.322 e. The monoisotopic (exact) mass is 540 g/mol. The Balaban J connectivity index is 1.15. The van der Waals surface area contributed by atoms with Crippen molar-refractivity contribution in [2.45, 2.75) is 0 Å². The van der Waals surface area contributed by atoms with E-state index < -0.39 is 0 Å². The summed E-state index contributed by atoms with van der Waals surface area (Å²) >= 11 is 0. The van der Waals surface area contributed by atoms with Crippen LogP contribution in [0.4, 0.5) is 22.7 Å². The average molecular weight is 541 g/mol. The quantitative estimate of drug-likeness (QED) is 0.145. The van der Waals surface area contributed by atoms with E-state index in [4.69, 9.17) is 0 Å². The molecule has 0 saturated heterocycles. The minimum absolute atomic E-state index is 0.187. The number of nitrogens with one attached hydrogen (secondary N) is 1. The highest BCUT2D eigenvalue weighted by Crippen LogP contribution is 2.23. The molecular weight excluding hydrogens is 516 g/mol. The van der Waals surface area contributed by atoms with Crippen molar-refractivity contribution >= 4 is 46.0 Å². The maximum absolute atomic E-state index is 12.3. The van der Waals surface area contributed by atoms with Gasteiger partial charge in [-0.1, -0.05) is 36.4 Å². The first kappa shape index (κ1) is 26.8. The lowest BCUT2D eigenvalue weighted by atomic mass is 10.1. The van der Waals surface area contributed by atoms with Crippen LogP contribution in [0.1, 0.15) is 20.7 Å². The molecule has 2 amide bonds. The SMILES string of the molecule is O=C(N=C1C=CC(=NN(O)c2ccc(N=Nc3ccc(NC(=O)c4ccccc4)cc3)cc2)C=C1)c1ccccc1. The van der Waals surface area contributed by atoms with Gasteiger partial charge in [0.2, 0.25) is 0 Å². The molecule has 0 fully saturated rings. The Hall–Kier alpha value is -5.80. The smallest absolute Gasteiger partial charge is 0.277 e. The third-order valence-corrected chi connectivity index (χ3v) is 5.83. The van der Waals surface area contributed by atoms with Crippen LogP contribution in [-0.4, -0.2) is 28.4 Å². The lowest BCUT2D eigenvalue weighted by Gasteiger charge is -2.12. The molecular formula is C32H24N6O3. The first-order chi connectivity index (χ1) is 20.0. The number of hydrogen-bond acceptors (Lipinski definition) is 7. The molecule has 9 heteroatoms. The van der Waals surface area contributed by atoms with Crippen molar-refractivity contribution in [3.63, 3.8) is 0 Å². The molecule has 0 aromatic heterocycles. The fourth-order valence-electron chi connectivity index (χ4n) is 3.70. The lowest BCUT2D eigenvalue weighted by Crippen LogP contribution is -2.13. The van der Waals surface area contributed by atoms with Crippen LogP contribution in [0.15, 0.2) is 154 Å². The number of hydrogen-bond donors (Lipinski definition) is 2. The van der Waals surface area contributed by atoms with Crippen LogP contribution in [0.5, 0.6) is 0 Å². The van der Waals surface area contributed by atoms with Gasteiger partial charge in [-0.25, -0.2) is 4.99 Å². The first-order valence-electron chi connectivity index (χ1n) is 12.6. The van der Waals surface area contributed by atoms with E-state index in [0.29, 0.717) is 45.3 Å². The topological polar surface area (TPSA) is 119 Å². The van der Waals surface area contributed by atoms with Crippen LogP contribution in [0, 0.1) is 0 Å². The number of benzene rings is 4. The number of allylic oxidation sites excluding steroid dienone is 4. The Morgan fingerprint density at radius 3 is 1.71 bits per heavy atom. The number of amides is 2. The zero-order valence-corrected chi connectivity index (χ0v) is 21.7. The van der Waals surface area contributed by atoms with E-state index in [1.54, 1.807) is 109 Å². The van der Waals surface area contributed by atoms with E-state index in [1.165, 1.54) is 0 Å². The van der Waals surface area contributed by atoms with Crippen LogP contribution in [0.2, 0.25) is 0 Å². The van der Waals surface area contributed by atoms with Gasteiger partial charge in [0.15, 0.2) is 0 Å². The third kappa shape index (κ3) is 7.41. The number of anilines is 2. The third-order valence-electron chi connectivity index (χ3n) is 5.83. The van der Waals surface area contributed by atoms with Crippen molar-refractivity contribution in [2.24, 2.45) is 20.3 Å². The fraction of sp³-hybridized carbons (Fsp3) is 0. The molecule has 1 aliphatic carbocycles. The minimum Gasteiger partial charge on any atom is -0.322 e. The second kappa shape index (κ2) is 12.8. The van der Waals surface area contributed by atoms with E-state index in [1.807, 2.05) is 24.3 Å². The zero-order valence-electron chi connectivity index (χ0n) is 21.7. The number of aliphatic imine (C=N–C) groups is 1. The molecule has 200 valence electrons. The summed E-state index contributed by atoms with van der Waals surface area (Å²) in [4.78, 5) is 28.6. The molecule has 0 saturated carbocycles. The van der Waals surface area contributed by atoms with Crippen LogP contribution in [-0.2, 0) is 0 Å². The summed E-state index contributed by atoms with van der Waals surface area (Å²) in [6, 6.07) is 31.5.